The van der Waals surface area contributed by atoms with E-state index in [-0.39, 0.29) is 12.0 Å². The number of rotatable bonds is 7. The van der Waals surface area contributed by atoms with Crippen LogP contribution >= 0.6 is 22.9 Å². The van der Waals surface area contributed by atoms with E-state index in [1.807, 2.05) is 52.0 Å². The Balaban J connectivity index is 1.72. The minimum atomic E-state index is -1.04. The molecule has 0 amide bonds. The maximum atomic E-state index is 12.0. The van der Waals surface area contributed by atoms with Crippen LogP contribution in [0.1, 0.15) is 42.3 Å². The molecule has 0 saturated carbocycles. The van der Waals surface area contributed by atoms with Crippen molar-refractivity contribution in [2.45, 2.75) is 39.7 Å². The fourth-order valence-corrected chi connectivity index (χ4v) is 5.89. The lowest BCUT2D eigenvalue weighted by Gasteiger charge is -2.24. The summed E-state index contributed by atoms with van der Waals surface area (Å²) < 4.78 is 7.12. The van der Waals surface area contributed by atoms with Crippen LogP contribution < -0.4 is 9.72 Å². The SMILES string of the molecule is Cc1cc2nc(-c3ccnc(-c4c[nH+]cc(C(=O)O)c4)c3)sc2c(-c2ccc(Cl)cc2OC(C)(C)C)c1CC(=O)O. The zero-order valence-electron chi connectivity index (χ0n) is 22.8. The van der Waals surface area contributed by atoms with Crippen LogP contribution in [0.2, 0.25) is 5.02 Å². The zero-order valence-corrected chi connectivity index (χ0v) is 24.4. The summed E-state index contributed by atoms with van der Waals surface area (Å²) in [5.74, 6) is -1.42. The summed E-state index contributed by atoms with van der Waals surface area (Å²) in [4.78, 5) is 35.7. The van der Waals surface area contributed by atoms with Gasteiger partial charge in [0.25, 0.3) is 0 Å². The van der Waals surface area contributed by atoms with E-state index in [4.69, 9.17) is 21.3 Å². The van der Waals surface area contributed by atoms with E-state index in [9.17, 15) is 19.8 Å². The number of nitrogens with one attached hydrogen (secondary N) is 1. The highest BCUT2D eigenvalue weighted by molar-refractivity contribution is 7.22. The molecular weight excluding hydrogens is 562 g/mol. The minimum Gasteiger partial charge on any atom is -0.487 e. The number of pyridine rings is 2. The van der Waals surface area contributed by atoms with Crippen LogP contribution in [0.3, 0.4) is 0 Å². The lowest BCUT2D eigenvalue weighted by molar-refractivity contribution is -0.377. The number of fused-ring (bicyclic) bond motifs is 1. The predicted molar refractivity (Wildman–Crippen MR) is 159 cm³/mol. The van der Waals surface area contributed by atoms with Crippen LogP contribution in [0.5, 0.6) is 5.75 Å². The molecule has 8 nitrogen and oxygen atoms in total. The lowest BCUT2D eigenvalue weighted by Crippen LogP contribution is -2.23. The molecular formula is C31H27ClN3O5S+. The number of H-pyrrole nitrogens is 1. The second kappa shape index (κ2) is 10.9. The fourth-order valence-electron chi connectivity index (χ4n) is 4.60. The van der Waals surface area contributed by atoms with Gasteiger partial charge in [-0.15, -0.1) is 11.3 Å². The Kier molecular flexibility index (Phi) is 7.50. The second-order valence-corrected chi connectivity index (χ2v) is 12.0. The quantitative estimate of drug-likeness (QED) is 0.210. The molecule has 0 aliphatic rings. The summed E-state index contributed by atoms with van der Waals surface area (Å²) in [6, 6.07) is 12.5. The number of carboxylic acid groups (broad SMARTS) is 2. The Hall–Kier alpha value is -4.34. The van der Waals surface area contributed by atoms with E-state index in [1.54, 1.807) is 30.6 Å². The molecule has 0 bridgehead atoms. The summed E-state index contributed by atoms with van der Waals surface area (Å²) in [6.07, 6.45) is 4.59. The molecule has 2 aromatic carbocycles. The summed E-state index contributed by atoms with van der Waals surface area (Å²) in [5, 5.41) is 20.4. The van der Waals surface area contributed by atoms with Gasteiger partial charge in [-0.05, 0) is 81.3 Å². The first-order chi connectivity index (χ1) is 19.4. The number of hydrogen-bond donors (Lipinski definition) is 2. The smallest absolute Gasteiger partial charge is 0.341 e. The predicted octanol–water partition coefficient (Wildman–Crippen LogP) is 6.97. The highest BCUT2D eigenvalue weighted by Crippen LogP contribution is 2.45. The average molecular weight is 589 g/mol. The number of thiazole rings is 1. The largest absolute Gasteiger partial charge is 0.487 e. The molecule has 0 saturated heterocycles. The molecule has 0 aliphatic carbocycles. The number of aromatic carboxylic acids is 1. The average Bonchev–Trinajstić information content (AvgIpc) is 3.32. The molecule has 3 N–H and O–H groups in total. The van der Waals surface area contributed by atoms with Crippen LogP contribution in [0.25, 0.3) is 43.2 Å². The number of benzene rings is 2. The van der Waals surface area contributed by atoms with Crippen molar-refractivity contribution in [1.29, 1.82) is 0 Å². The van der Waals surface area contributed by atoms with E-state index in [1.165, 1.54) is 17.5 Å². The molecule has 3 aromatic heterocycles. The molecule has 0 spiro atoms. The zero-order chi connectivity index (χ0) is 29.5. The number of ether oxygens (including phenoxy) is 1. The van der Waals surface area contributed by atoms with Crippen LogP contribution in [0, 0.1) is 6.92 Å². The van der Waals surface area contributed by atoms with Crippen molar-refractivity contribution in [3.05, 3.63) is 82.8 Å². The first-order valence-electron chi connectivity index (χ1n) is 12.7. The first-order valence-corrected chi connectivity index (χ1v) is 13.9. The van der Waals surface area contributed by atoms with Crippen LogP contribution in [-0.2, 0) is 11.2 Å². The van der Waals surface area contributed by atoms with Crippen molar-refractivity contribution in [2.75, 3.05) is 0 Å². The van der Waals surface area contributed by atoms with Gasteiger partial charge in [0.1, 0.15) is 21.9 Å². The third-order valence-electron chi connectivity index (χ3n) is 6.31. The van der Waals surface area contributed by atoms with Crippen molar-refractivity contribution in [3.8, 4) is 38.7 Å². The Labute approximate surface area is 245 Å². The molecule has 41 heavy (non-hydrogen) atoms. The lowest BCUT2D eigenvalue weighted by atomic mass is 9.92. The Morgan fingerprint density at radius 3 is 2.54 bits per heavy atom. The van der Waals surface area contributed by atoms with Gasteiger partial charge in [-0.25, -0.2) is 14.8 Å². The molecule has 5 rings (SSSR count). The highest BCUT2D eigenvalue weighted by atomic mass is 35.5. The Morgan fingerprint density at radius 2 is 1.83 bits per heavy atom. The molecule has 0 fully saturated rings. The van der Waals surface area contributed by atoms with Gasteiger partial charge >= 0.3 is 11.9 Å². The normalized spacial score (nSPS) is 11.5. The summed E-state index contributed by atoms with van der Waals surface area (Å²) in [5.41, 5.74) is 5.30. The Bertz CT molecular complexity index is 1830. The molecule has 0 aliphatic heterocycles. The first kappa shape index (κ1) is 28.2. The van der Waals surface area contributed by atoms with E-state index < -0.39 is 17.5 Å². The van der Waals surface area contributed by atoms with E-state index >= 15 is 0 Å². The standard InChI is InChI=1S/C31H26ClN3O5S/c1-16-9-24-28(27(22(16)13-26(36)37)21-6-5-20(32)12-25(21)40-31(2,3)4)41-29(35-24)17-7-8-34-23(11-17)18-10-19(30(38)39)15-33-14-18/h5-12,14-15H,13H2,1-4H3,(H,36,37)(H,38,39)/p+1. The summed E-state index contributed by atoms with van der Waals surface area (Å²) >= 11 is 7.80. The number of aromatic nitrogens is 3. The topological polar surface area (TPSA) is 124 Å². The molecule has 0 unspecified atom stereocenters. The number of aryl methyl sites for hydroxylation is 1. The molecule has 10 heteroatoms. The number of aliphatic carboxylic acids is 1. The minimum absolute atomic E-state index is 0.122. The third-order valence-corrected chi connectivity index (χ3v) is 7.68. The van der Waals surface area contributed by atoms with Gasteiger partial charge < -0.3 is 14.9 Å². The number of nitrogens with zero attached hydrogens (tertiary/aromatic N) is 2. The molecule has 0 atom stereocenters. The third kappa shape index (κ3) is 6.06. The summed E-state index contributed by atoms with van der Waals surface area (Å²) in [7, 11) is 0. The van der Waals surface area contributed by atoms with Crippen molar-refractivity contribution in [2.24, 2.45) is 0 Å². The number of carboxylic acids is 2. The number of aromatic amines is 1. The van der Waals surface area contributed by atoms with Crippen molar-refractivity contribution < 1.29 is 29.5 Å². The number of hydrogen-bond acceptors (Lipinski definition) is 6. The van der Waals surface area contributed by atoms with Crippen molar-refractivity contribution in [1.82, 2.24) is 9.97 Å². The monoisotopic (exact) mass is 588 g/mol. The Morgan fingerprint density at radius 1 is 1.05 bits per heavy atom. The van der Waals surface area contributed by atoms with Gasteiger partial charge in [0, 0.05) is 27.9 Å². The maximum absolute atomic E-state index is 12.0. The van der Waals surface area contributed by atoms with E-state index in [0.29, 0.717) is 32.6 Å². The molecule has 5 aromatic rings. The van der Waals surface area contributed by atoms with Gasteiger partial charge in [-0.2, -0.15) is 0 Å². The van der Waals surface area contributed by atoms with Gasteiger partial charge in [0.2, 0.25) is 0 Å². The van der Waals surface area contributed by atoms with Crippen molar-refractivity contribution >= 4 is 45.1 Å². The molecule has 208 valence electrons. The molecule has 3 heterocycles. The maximum Gasteiger partial charge on any atom is 0.341 e. The van der Waals surface area contributed by atoms with Gasteiger partial charge in [-0.1, -0.05) is 11.6 Å². The second-order valence-electron chi connectivity index (χ2n) is 10.6. The molecule has 0 radical (unpaired) electrons. The van der Waals surface area contributed by atoms with Crippen LogP contribution in [-0.4, -0.2) is 37.7 Å². The van der Waals surface area contributed by atoms with E-state index in [0.717, 1.165) is 32.5 Å². The van der Waals surface area contributed by atoms with Crippen LogP contribution in [0.4, 0.5) is 0 Å². The van der Waals surface area contributed by atoms with Gasteiger partial charge in [0.15, 0.2) is 12.4 Å². The van der Waals surface area contributed by atoms with Crippen LogP contribution in [0.15, 0.2) is 61.1 Å². The van der Waals surface area contributed by atoms with Gasteiger partial charge in [0.05, 0.1) is 27.9 Å². The van der Waals surface area contributed by atoms with Gasteiger partial charge in [-0.3, -0.25) is 9.78 Å². The van der Waals surface area contributed by atoms with E-state index in [2.05, 4.69) is 9.97 Å². The highest BCUT2D eigenvalue weighted by Gasteiger charge is 2.24. The number of carbonyl (C=O) groups is 2. The summed E-state index contributed by atoms with van der Waals surface area (Å²) in [6.45, 7) is 7.71. The number of halogens is 1. The van der Waals surface area contributed by atoms with Crippen molar-refractivity contribution in [3.63, 3.8) is 0 Å². The fraction of sp³-hybridized carbons (Fsp3) is 0.194.